The highest BCUT2D eigenvalue weighted by Crippen LogP contribution is 2.28. The highest BCUT2D eigenvalue weighted by atomic mass is 32.1. The van der Waals surface area contributed by atoms with Crippen LogP contribution >= 0.6 is 11.3 Å². The Morgan fingerprint density at radius 1 is 1.46 bits per heavy atom. The third kappa shape index (κ3) is 3.17. The molecule has 1 fully saturated rings. The van der Waals surface area contributed by atoms with Crippen molar-refractivity contribution in [2.45, 2.75) is 25.4 Å². The van der Waals surface area contributed by atoms with Gasteiger partial charge in [0.15, 0.2) is 0 Å². The van der Waals surface area contributed by atoms with E-state index in [4.69, 9.17) is 4.74 Å². The van der Waals surface area contributed by atoms with Crippen LogP contribution in [-0.2, 0) is 11.3 Å². The van der Waals surface area contributed by atoms with Crippen LogP contribution in [-0.4, -0.2) is 45.8 Å². The first-order chi connectivity index (χ1) is 12.7. The molecule has 0 saturated carbocycles. The molecule has 1 aromatic heterocycles. The molecule has 0 radical (unpaired) electrons. The fourth-order valence-electron chi connectivity index (χ4n) is 3.57. The molecular weight excluding hydrogens is 352 g/mol. The van der Waals surface area contributed by atoms with Crippen molar-refractivity contribution in [3.63, 3.8) is 0 Å². The van der Waals surface area contributed by atoms with E-state index < -0.39 is 5.97 Å². The molecule has 0 aliphatic carbocycles. The Hall–Kier alpha value is -2.45. The largest absolute Gasteiger partial charge is 0.465 e. The van der Waals surface area contributed by atoms with Crippen LogP contribution in [0.15, 0.2) is 34.7 Å². The zero-order chi connectivity index (χ0) is 18.1. The smallest absolute Gasteiger partial charge is 0.341 e. The number of nitrogens with zero attached hydrogens (tertiary/aromatic N) is 3. The lowest BCUT2D eigenvalue weighted by Gasteiger charge is -2.34. The van der Waals surface area contributed by atoms with E-state index >= 15 is 0 Å². The maximum absolute atomic E-state index is 12.1. The van der Waals surface area contributed by atoms with Crippen LogP contribution < -0.4 is 5.56 Å². The van der Waals surface area contributed by atoms with E-state index in [0.29, 0.717) is 16.8 Å². The molecule has 0 amide bonds. The molecule has 4 rings (SSSR count). The second kappa shape index (κ2) is 7.05. The van der Waals surface area contributed by atoms with Gasteiger partial charge in [0, 0.05) is 36.4 Å². The molecule has 26 heavy (non-hydrogen) atoms. The van der Waals surface area contributed by atoms with Crippen molar-refractivity contribution in [2.75, 3.05) is 20.2 Å². The van der Waals surface area contributed by atoms with Crippen molar-refractivity contribution in [3.8, 4) is 11.3 Å². The van der Waals surface area contributed by atoms with E-state index in [-0.39, 0.29) is 11.6 Å². The Labute approximate surface area is 154 Å². The predicted octanol–water partition coefficient (Wildman–Crippen LogP) is 2.36. The average molecular weight is 372 g/mol. The lowest BCUT2D eigenvalue weighted by Crippen LogP contribution is -2.36. The normalized spacial score (nSPS) is 18.3. The molecular formula is C18H20N4O3S. The minimum atomic E-state index is -0.484. The van der Waals surface area contributed by atoms with E-state index in [1.54, 1.807) is 23.7 Å². The van der Waals surface area contributed by atoms with Crippen molar-refractivity contribution < 1.29 is 9.53 Å². The van der Waals surface area contributed by atoms with Crippen LogP contribution in [0.1, 0.15) is 34.1 Å². The molecule has 7 nitrogen and oxygen atoms in total. The highest BCUT2D eigenvalue weighted by Gasteiger charge is 2.26. The minimum Gasteiger partial charge on any atom is -0.465 e. The summed E-state index contributed by atoms with van der Waals surface area (Å²) in [5.41, 5.74) is 0.817. The minimum absolute atomic E-state index is 0.200. The number of esters is 1. The number of nitrogens with one attached hydrogen (secondary N) is 1. The first kappa shape index (κ1) is 17.0. The van der Waals surface area contributed by atoms with Gasteiger partial charge in [-0.2, -0.15) is 5.10 Å². The Kier molecular flexibility index (Phi) is 4.60. The number of pyridine rings is 1. The van der Waals surface area contributed by atoms with Crippen LogP contribution in [0, 0.1) is 0 Å². The van der Waals surface area contributed by atoms with Crippen molar-refractivity contribution in [3.05, 3.63) is 50.7 Å². The number of aromatic amines is 1. The van der Waals surface area contributed by atoms with E-state index in [2.05, 4.69) is 32.6 Å². The number of aromatic nitrogens is 3. The number of ether oxygens (including phenoxy) is 1. The van der Waals surface area contributed by atoms with Gasteiger partial charge in [-0.1, -0.05) is 6.07 Å². The van der Waals surface area contributed by atoms with Crippen LogP contribution in [0.5, 0.6) is 0 Å². The fraction of sp³-hybridized carbons (Fsp3) is 0.389. The van der Waals surface area contributed by atoms with E-state index in [1.165, 1.54) is 12.0 Å². The quantitative estimate of drug-likeness (QED) is 0.711. The van der Waals surface area contributed by atoms with Gasteiger partial charge in [-0.25, -0.2) is 9.89 Å². The zero-order valence-corrected chi connectivity index (χ0v) is 15.3. The number of rotatable bonds is 4. The van der Waals surface area contributed by atoms with E-state index in [0.717, 1.165) is 32.5 Å². The van der Waals surface area contributed by atoms with Gasteiger partial charge >= 0.3 is 5.97 Å². The summed E-state index contributed by atoms with van der Waals surface area (Å²) < 4.78 is 6.85. The number of hydrogen-bond acceptors (Lipinski definition) is 6. The molecule has 3 aliphatic heterocycles. The summed E-state index contributed by atoms with van der Waals surface area (Å²) in [6.45, 7) is 2.86. The summed E-state index contributed by atoms with van der Waals surface area (Å²) in [7, 11) is 1.33. The first-order valence-corrected chi connectivity index (χ1v) is 9.46. The van der Waals surface area contributed by atoms with Crippen LogP contribution in [0.25, 0.3) is 11.3 Å². The maximum atomic E-state index is 12.1. The number of hydrogen-bond donors (Lipinski definition) is 1. The number of carbonyl (C=O) groups excluding carboxylic acids is 1. The fourth-order valence-corrected chi connectivity index (χ4v) is 4.31. The monoisotopic (exact) mass is 372 g/mol. The zero-order valence-electron chi connectivity index (χ0n) is 14.5. The van der Waals surface area contributed by atoms with Crippen LogP contribution in [0.2, 0.25) is 0 Å². The summed E-state index contributed by atoms with van der Waals surface area (Å²) in [6, 6.07) is 4.42. The predicted molar refractivity (Wildman–Crippen MR) is 98.7 cm³/mol. The second-order valence-electron chi connectivity index (χ2n) is 6.54. The van der Waals surface area contributed by atoms with Crippen LogP contribution in [0.4, 0.5) is 0 Å². The number of likely N-dealkylation sites (tertiary alicyclic amines) is 1. The van der Waals surface area contributed by atoms with Crippen molar-refractivity contribution in [1.29, 1.82) is 0 Å². The average Bonchev–Trinajstić information content (AvgIpc) is 3.31. The molecule has 0 bridgehead atoms. The number of fused-ring (bicyclic) bond motifs is 1. The molecule has 1 aromatic rings. The SMILES string of the molecule is COC(=O)c1cn([C@@H]2CCCN(Cc3cccs3)C2)cc2c(=O)[nH]nc1-2. The summed E-state index contributed by atoms with van der Waals surface area (Å²) in [4.78, 5) is 28.0. The molecule has 3 aliphatic rings. The van der Waals surface area contributed by atoms with Gasteiger partial charge in [-0.15, -0.1) is 11.3 Å². The third-order valence-electron chi connectivity index (χ3n) is 4.85. The van der Waals surface area contributed by atoms with Gasteiger partial charge in [0.25, 0.3) is 5.56 Å². The standard InChI is InChI=1S/C18H20N4O3S/c1-25-18(24)15-11-22(10-14-16(15)19-20-17(14)23)12-4-2-6-21(8-12)9-13-5-3-7-26-13/h3,5,7,10-12H,2,4,6,8-9H2,1H3,(H,20,23)/t12-/m1/s1. The summed E-state index contributed by atoms with van der Waals surface area (Å²) in [5.74, 6) is -0.484. The molecule has 1 N–H and O–H groups in total. The van der Waals surface area contributed by atoms with Gasteiger partial charge in [0.1, 0.15) is 11.3 Å². The highest BCUT2D eigenvalue weighted by molar-refractivity contribution is 7.09. The first-order valence-electron chi connectivity index (χ1n) is 8.58. The molecule has 4 heterocycles. The molecule has 1 saturated heterocycles. The molecule has 0 spiro atoms. The third-order valence-corrected chi connectivity index (χ3v) is 5.71. The number of methoxy groups -OCH3 is 1. The summed E-state index contributed by atoms with van der Waals surface area (Å²) in [6.07, 6.45) is 5.63. The molecule has 1 atom stereocenters. The van der Waals surface area contributed by atoms with Crippen molar-refractivity contribution in [1.82, 2.24) is 19.7 Å². The van der Waals surface area contributed by atoms with E-state index in [1.807, 2.05) is 4.57 Å². The summed E-state index contributed by atoms with van der Waals surface area (Å²) >= 11 is 1.76. The Bertz CT molecular complexity index is 930. The number of H-pyrrole nitrogens is 1. The lowest BCUT2D eigenvalue weighted by atomic mass is 10.0. The van der Waals surface area contributed by atoms with Gasteiger partial charge < -0.3 is 9.30 Å². The Morgan fingerprint density at radius 3 is 3.12 bits per heavy atom. The number of piperidine rings is 1. The van der Waals surface area contributed by atoms with Crippen molar-refractivity contribution in [2.24, 2.45) is 0 Å². The van der Waals surface area contributed by atoms with Gasteiger partial charge in [-0.05, 0) is 30.8 Å². The maximum Gasteiger partial charge on any atom is 0.341 e. The molecule has 136 valence electrons. The van der Waals surface area contributed by atoms with Crippen molar-refractivity contribution >= 4 is 17.3 Å². The second-order valence-corrected chi connectivity index (χ2v) is 7.57. The van der Waals surface area contributed by atoms with Gasteiger partial charge in [0.05, 0.1) is 12.7 Å². The van der Waals surface area contributed by atoms with Gasteiger partial charge in [-0.3, -0.25) is 9.69 Å². The van der Waals surface area contributed by atoms with E-state index in [9.17, 15) is 9.59 Å². The lowest BCUT2D eigenvalue weighted by molar-refractivity contribution is 0.0599. The molecule has 8 heteroatoms. The Balaban J connectivity index is 1.65. The van der Waals surface area contributed by atoms with Gasteiger partial charge in [0.2, 0.25) is 0 Å². The molecule has 0 aromatic carbocycles. The summed E-state index contributed by atoms with van der Waals surface area (Å²) in [5, 5.41) is 8.50. The molecule has 0 unspecified atom stereocenters. The topological polar surface area (TPSA) is 80.2 Å². The number of thiophene rings is 1. The Morgan fingerprint density at radius 2 is 2.35 bits per heavy atom. The number of carbonyl (C=O) groups is 1. The van der Waals surface area contributed by atoms with Crippen LogP contribution in [0.3, 0.4) is 0 Å².